The lowest BCUT2D eigenvalue weighted by Crippen LogP contribution is -2.35. The molecule has 1 rings (SSSR count). The lowest BCUT2D eigenvalue weighted by atomic mass is 10.2. The number of benzene rings is 1. The fraction of sp³-hybridized carbons (Fsp3) is 0.200. The molecule has 0 fully saturated rings. The van der Waals surface area contributed by atoms with E-state index in [9.17, 15) is 4.79 Å². The SMILES string of the molecule is CN(C/C(N)=N/O)C(=O)c1cc(Cl)ccc1I. The lowest BCUT2D eigenvalue weighted by molar-refractivity contribution is 0.0812. The van der Waals surface area contributed by atoms with Gasteiger partial charge in [0.15, 0.2) is 5.84 Å². The summed E-state index contributed by atoms with van der Waals surface area (Å²) in [7, 11) is 1.57. The number of likely N-dealkylation sites (N-methyl/N-ethyl adjacent to an activating group) is 1. The first kappa shape index (κ1) is 14.0. The summed E-state index contributed by atoms with van der Waals surface area (Å²) in [5, 5.41) is 11.7. The average Bonchev–Trinajstić information content (AvgIpc) is 2.31. The molecule has 0 saturated heterocycles. The standard InChI is InChI=1S/C10H11ClIN3O2/c1-15(5-9(13)14-17)10(16)7-4-6(11)2-3-8(7)12/h2-4,17H,5H2,1H3,(H2,13,14). The second-order valence-electron chi connectivity index (χ2n) is 3.38. The molecule has 5 nitrogen and oxygen atoms in total. The molecule has 0 radical (unpaired) electrons. The van der Waals surface area contributed by atoms with Gasteiger partial charge >= 0.3 is 0 Å². The molecule has 1 amide bonds. The van der Waals surface area contributed by atoms with E-state index in [0.29, 0.717) is 10.6 Å². The molecule has 1 aromatic rings. The zero-order valence-corrected chi connectivity index (χ0v) is 11.9. The second kappa shape index (κ2) is 6.06. The Bertz CT molecular complexity index is 465. The summed E-state index contributed by atoms with van der Waals surface area (Å²) < 4.78 is 0.795. The van der Waals surface area contributed by atoms with Crippen LogP contribution < -0.4 is 5.73 Å². The highest BCUT2D eigenvalue weighted by Gasteiger charge is 2.16. The smallest absolute Gasteiger partial charge is 0.255 e. The fourth-order valence-electron chi connectivity index (χ4n) is 1.21. The maximum Gasteiger partial charge on any atom is 0.255 e. The topological polar surface area (TPSA) is 78.9 Å². The predicted octanol–water partition coefficient (Wildman–Crippen LogP) is 1.76. The first-order valence-corrected chi connectivity index (χ1v) is 6.08. The van der Waals surface area contributed by atoms with E-state index in [1.54, 1.807) is 25.2 Å². The summed E-state index contributed by atoms with van der Waals surface area (Å²) in [6.07, 6.45) is 0. The van der Waals surface area contributed by atoms with E-state index in [0.717, 1.165) is 3.57 Å². The summed E-state index contributed by atoms with van der Waals surface area (Å²) in [6, 6.07) is 5.06. The van der Waals surface area contributed by atoms with Crippen LogP contribution in [0.4, 0.5) is 0 Å². The highest BCUT2D eigenvalue weighted by molar-refractivity contribution is 14.1. The van der Waals surface area contributed by atoms with Gasteiger partial charge in [-0.1, -0.05) is 16.8 Å². The summed E-state index contributed by atoms with van der Waals surface area (Å²) in [4.78, 5) is 13.4. The van der Waals surface area contributed by atoms with Gasteiger partial charge in [-0.25, -0.2) is 0 Å². The van der Waals surface area contributed by atoms with E-state index in [4.69, 9.17) is 22.5 Å². The number of hydrogen-bond acceptors (Lipinski definition) is 3. The number of oxime groups is 1. The monoisotopic (exact) mass is 367 g/mol. The van der Waals surface area contributed by atoms with E-state index in [1.807, 2.05) is 0 Å². The number of halogens is 2. The number of carbonyl (C=O) groups is 1. The van der Waals surface area contributed by atoms with E-state index < -0.39 is 0 Å². The van der Waals surface area contributed by atoms with E-state index in [2.05, 4.69) is 27.7 Å². The number of amidine groups is 1. The van der Waals surface area contributed by atoms with Gasteiger partial charge in [-0.2, -0.15) is 0 Å². The van der Waals surface area contributed by atoms with Gasteiger partial charge in [0.25, 0.3) is 5.91 Å². The predicted molar refractivity (Wildman–Crippen MR) is 74.5 cm³/mol. The van der Waals surface area contributed by atoms with Crippen LogP contribution >= 0.6 is 34.2 Å². The first-order valence-electron chi connectivity index (χ1n) is 4.62. The number of rotatable bonds is 3. The highest BCUT2D eigenvalue weighted by Crippen LogP contribution is 2.19. The van der Waals surface area contributed by atoms with Crippen LogP contribution in [0, 0.1) is 3.57 Å². The third-order valence-corrected chi connectivity index (χ3v) is 3.21. The summed E-state index contributed by atoms with van der Waals surface area (Å²) in [5.41, 5.74) is 5.83. The molecule has 0 aliphatic rings. The van der Waals surface area contributed by atoms with Crippen LogP contribution in [0.5, 0.6) is 0 Å². The molecule has 3 N–H and O–H groups in total. The molecule has 17 heavy (non-hydrogen) atoms. The summed E-state index contributed by atoms with van der Waals surface area (Å²) >= 11 is 7.89. The van der Waals surface area contributed by atoms with Crippen molar-refractivity contribution in [3.63, 3.8) is 0 Å². The van der Waals surface area contributed by atoms with Crippen LogP contribution in [0.3, 0.4) is 0 Å². The van der Waals surface area contributed by atoms with Gasteiger partial charge in [0.05, 0.1) is 12.1 Å². The molecule has 92 valence electrons. The van der Waals surface area contributed by atoms with Crippen molar-refractivity contribution in [2.75, 3.05) is 13.6 Å². The molecule has 0 bridgehead atoms. The highest BCUT2D eigenvalue weighted by atomic mass is 127. The summed E-state index contributed by atoms with van der Waals surface area (Å²) in [5.74, 6) is -0.263. The Labute approximate surface area is 117 Å². The maximum atomic E-state index is 12.0. The molecule has 0 unspecified atom stereocenters. The van der Waals surface area contributed by atoms with Gasteiger partial charge in [-0.3, -0.25) is 4.79 Å². The minimum atomic E-state index is -0.233. The minimum Gasteiger partial charge on any atom is -0.409 e. The van der Waals surface area contributed by atoms with E-state index in [1.165, 1.54) is 4.90 Å². The summed E-state index contributed by atoms with van der Waals surface area (Å²) in [6.45, 7) is 0.0535. The number of nitrogens with two attached hydrogens (primary N) is 1. The Morgan fingerprint density at radius 3 is 2.88 bits per heavy atom. The Balaban J connectivity index is 2.92. The average molecular weight is 368 g/mol. The molecule has 0 aliphatic heterocycles. The quantitative estimate of drug-likeness (QED) is 0.281. The number of carbonyl (C=O) groups excluding carboxylic acids is 1. The van der Waals surface area contributed by atoms with Crippen LogP contribution in [-0.2, 0) is 0 Å². The number of hydrogen-bond donors (Lipinski definition) is 2. The molecule has 7 heteroatoms. The van der Waals surface area contributed by atoms with E-state index >= 15 is 0 Å². The molecular formula is C10H11ClIN3O2. The van der Waals surface area contributed by atoms with Gasteiger partial charge in [0, 0.05) is 15.6 Å². The van der Waals surface area contributed by atoms with Crippen molar-refractivity contribution in [3.05, 3.63) is 32.4 Å². The Morgan fingerprint density at radius 2 is 2.29 bits per heavy atom. The largest absolute Gasteiger partial charge is 0.409 e. The van der Waals surface area contributed by atoms with E-state index in [-0.39, 0.29) is 18.3 Å². The molecular weight excluding hydrogens is 356 g/mol. The van der Waals surface area contributed by atoms with Crippen LogP contribution in [0.15, 0.2) is 23.4 Å². The van der Waals surface area contributed by atoms with Crippen molar-refractivity contribution in [3.8, 4) is 0 Å². The lowest BCUT2D eigenvalue weighted by Gasteiger charge is -2.17. The molecule has 1 aromatic carbocycles. The normalized spacial score (nSPS) is 11.4. The number of amides is 1. The van der Waals surface area contributed by atoms with Crippen LogP contribution in [0.1, 0.15) is 10.4 Å². The molecule has 0 aromatic heterocycles. The third-order valence-electron chi connectivity index (χ3n) is 2.03. The van der Waals surface area contributed by atoms with Crippen molar-refractivity contribution in [1.82, 2.24) is 4.90 Å². The van der Waals surface area contributed by atoms with Crippen molar-refractivity contribution in [1.29, 1.82) is 0 Å². The van der Waals surface area contributed by atoms with Gasteiger partial charge in [-0.05, 0) is 40.8 Å². The van der Waals surface area contributed by atoms with Crippen molar-refractivity contribution >= 4 is 45.9 Å². The van der Waals surface area contributed by atoms with Gasteiger partial charge < -0.3 is 15.8 Å². The zero-order valence-electron chi connectivity index (χ0n) is 9.02. The zero-order chi connectivity index (χ0) is 13.0. The third kappa shape index (κ3) is 3.74. The molecule has 0 aliphatic carbocycles. The second-order valence-corrected chi connectivity index (χ2v) is 4.98. The Kier molecular flexibility index (Phi) is 5.01. The molecule has 0 spiro atoms. The minimum absolute atomic E-state index is 0.0297. The van der Waals surface area contributed by atoms with Crippen LogP contribution in [0.2, 0.25) is 5.02 Å². The van der Waals surface area contributed by atoms with Crippen molar-refractivity contribution in [2.24, 2.45) is 10.9 Å². The van der Waals surface area contributed by atoms with Crippen LogP contribution in [0.25, 0.3) is 0 Å². The molecule has 0 atom stereocenters. The maximum absolute atomic E-state index is 12.0. The molecule has 0 saturated carbocycles. The van der Waals surface area contributed by atoms with Gasteiger partial charge in [-0.15, -0.1) is 0 Å². The Hall–Kier alpha value is -1.02. The van der Waals surface area contributed by atoms with Gasteiger partial charge in [0.2, 0.25) is 0 Å². The Morgan fingerprint density at radius 1 is 1.65 bits per heavy atom. The van der Waals surface area contributed by atoms with Crippen LogP contribution in [-0.4, -0.2) is 35.4 Å². The molecule has 0 heterocycles. The number of nitrogens with zero attached hydrogens (tertiary/aromatic N) is 2. The fourth-order valence-corrected chi connectivity index (χ4v) is 1.95. The van der Waals surface area contributed by atoms with Crippen molar-refractivity contribution in [2.45, 2.75) is 0 Å². The van der Waals surface area contributed by atoms with Crippen molar-refractivity contribution < 1.29 is 10.0 Å². The first-order chi connectivity index (χ1) is 7.95. The van der Waals surface area contributed by atoms with Gasteiger partial charge in [0.1, 0.15) is 0 Å².